The number of anilines is 1. The van der Waals surface area contributed by atoms with Gasteiger partial charge in [-0.1, -0.05) is 12.1 Å². The van der Waals surface area contributed by atoms with Crippen LogP contribution in [0.1, 0.15) is 12.5 Å². The predicted octanol–water partition coefficient (Wildman–Crippen LogP) is 0.432. The number of amides is 1. The van der Waals surface area contributed by atoms with Gasteiger partial charge in [-0.25, -0.2) is 4.79 Å². The molecule has 1 aromatic rings. The zero-order valence-corrected chi connectivity index (χ0v) is 10.4. The largest absolute Gasteiger partial charge is 0.568 e. The van der Waals surface area contributed by atoms with Gasteiger partial charge in [0.15, 0.2) is 0 Å². The summed E-state index contributed by atoms with van der Waals surface area (Å²) < 4.78 is 15.4. The normalized spacial score (nSPS) is 16.2. The number of carbonyl (C=O) groups is 2. The minimum Gasteiger partial charge on any atom is -0.488 e. The highest BCUT2D eigenvalue weighted by Crippen LogP contribution is 2.26. The smallest absolute Gasteiger partial charge is 0.488 e. The van der Waals surface area contributed by atoms with Crippen molar-refractivity contribution < 1.29 is 23.6 Å². The van der Waals surface area contributed by atoms with Crippen LogP contribution in [0.25, 0.3) is 0 Å². The fourth-order valence-electron chi connectivity index (χ4n) is 2.31. The lowest BCUT2D eigenvalue weighted by Crippen LogP contribution is -2.51. The molecule has 3 rings (SSSR count). The van der Waals surface area contributed by atoms with Crippen molar-refractivity contribution in [3.63, 3.8) is 0 Å². The van der Waals surface area contributed by atoms with E-state index in [0.717, 1.165) is 11.0 Å². The van der Waals surface area contributed by atoms with E-state index in [1.165, 1.54) is 4.90 Å². The van der Waals surface area contributed by atoms with Crippen LogP contribution < -0.4 is 10.4 Å². The zero-order valence-electron chi connectivity index (χ0n) is 10.4. The number of rotatable bonds is 3. The first-order valence-electron chi connectivity index (χ1n) is 6.08. The predicted molar refractivity (Wildman–Crippen MR) is 67.1 cm³/mol. The molecule has 2 heterocycles. The van der Waals surface area contributed by atoms with Gasteiger partial charge in [0.1, 0.15) is 6.54 Å². The maximum Gasteiger partial charge on any atom is 0.568 e. The molecule has 1 aromatic carbocycles. The first-order valence-corrected chi connectivity index (χ1v) is 6.08. The molecule has 0 atom stereocenters. The molecule has 0 saturated carbocycles. The van der Waals surface area contributed by atoms with Gasteiger partial charge in [0.2, 0.25) is 0 Å². The number of ether oxygens (including phenoxy) is 1. The van der Waals surface area contributed by atoms with Crippen LogP contribution in [0.5, 0.6) is 0 Å². The maximum atomic E-state index is 11.9. The Morgan fingerprint density at radius 3 is 3.16 bits per heavy atom. The summed E-state index contributed by atoms with van der Waals surface area (Å²) in [6.45, 7) is 2.25. The number of hydrogen-bond acceptors (Lipinski definition) is 5. The molecule has 98 valence electrons. The number of esters is 1. The third kappa shape index (κ3) is 1.96. The highest BCUT2D eigenvalue weighted by Gasteiger charge is 2.44. The Hall–Kier alpha value is -2.02. The van der Waals surface area contributed by atoms with Gasteiger partial charge >= 0.3 is 19.2 Å². The third-order valence-corrected chi connectivity index (χ3v) is 3.11. The van der Waals surface area contributed by atoms with Crippen LogP contribution in [-0.4, -0.2) is 32.3 Å². The molecule has 0 bridgehead atoms. The molecule has 2 aliphatic rings. The van der Waals surface area contributed by atoms with Crippen molar-refractivity contribution in [1.29, 1.82) is 0 Å². The molecule has 0 saturated heterocycles. The SMILES string of the molecule is CCOC(=O)CN1C(=O)OB2OCc3cccc1c32. The van der Waals surface area contributed by atoms with Crippen molar-refractivity contribution >= 4 is 30.3 Å². The average Bonchev–Trinajstić information content (AvgIpc) is 2.79. The van der Waals surface area contributed by atoms with Gasteiger partial charge in [0.25, 0.3) is 0 Å². The standard InChI is InChI=1S/C12H12BNO5/c1-2-17-10(15)6-14-9-5-3-4-8-7-18-13(11(8)9)19-12(14)16/h3-5H,2,6-7H2,1H3. The van der Waals surface area contributed by atoms with Crippen molar-refractivity contribution in [3.05, 3.63) is 23.8 Å². The Bertz CT molecular complexity index is 547. The van der Waals surface area contributed by atoms with E-state index in [9.17, 15) is 9.59 Å². The first-order chi connectivity index (χ1) is 9.20. The Morgan fingerprint density at radius 2 is 2.37 bits per heavy atom. The monoisotopic (exact) mass is 261 g/mol. The summed E-state index contributed by atoms with van der Waals surface area (Å²) >= 11 is 0. The van der Waals surface area contributed by atoms with Gasteiger partial charge in [0, 0.05) is 11.2 Å². The number of hydrogen-bond donors (Lipinski definition) is 0. The lowest BCUT2D eigenvalue weighted by atomic mass is 9.76. The van der Waals surface area contributed by atoms with Crippen LogP contribution >= 0.6 is 0 Å². The highest BCUT2D eigenvalue weighted by atomic mass is 16.6. The Kier molecular flexibility index (Phi) is 2.90. The van der Waals surface area contributed by atoms with Crippen molar-refractivity contribution in [3.8, 4) is 0 Å². The number of carbonyl (C=O) groups excluding carboxylic acids is 2. The van der Waals surface area contributed by atoms with Crippen LogP contribution in [0.15, 0.2) is 18.2 Å². The molecule has 0 N–H and O–H groups in total. The highest BCUT2D eigenvalue weighted by molar-refractivity contribution is 6.67. The fourth-order valence-corrected chi connectivity index (χ4v) is 2.31. The van der Waals surface area contributed by atoms with Crippen molar-refractivity contribution in [2.75, 3.05) is 18.1 Å². The van der Waals surface area contributed by atoms with Crippen LogP contribution in [-0.2, 0) is 25.4 Å². The minimum atomic E-state index is -0.655. The third-order valence-electron chi connectivity index (χ3n) is 3.11. The number of benzene rings is 1. The van der Waals surface area contributed by atoms with Crippen LogP contribution in [0.2, 0.25) is 0 Å². The quantitative estimate of drug-likeness (QED) is 0.583. The summed E-state index contributed by atoms with van der Waals surface area (Å²) in [6, 6.07) is 5.53. The summed E-state index contributed by atoms with van der Waals surface area (Å²) in [4.78, 5) is 24.7. The van der Waals surface area contributed by atoms with Gasteiger partial charge in [-0.2, -0.15) is 0 Å². The molecular formula is C12H12BNO5. The summed E-state index contributed by atoms with van der Waals surface area (Å²) in [7, 11) is -0.655. The van der Waals surface area contributed by atoms with Crippen LogP contribution in [0, 0.1) is 0 Å². The molecule has 0 aliphatic carbocycles. The van der Waals surface area contributed by atoms with E-state index in [0.29, 0.717) is 12.3 Å². The second-order valence-electron chi connectivity index (χ2n) is 4.27. The molecule has 1 amide bonds. The van der Waals surface area contributed by atoms with Crippen LogP contribution in [0.3, 0.4) is 0 Å². The van der Waals surface area contributed by atoms with Gasteiger partial charge in [-0.15, -0.1) is 0 Å². The second kappa shape index (κ2) is 4.58. The molecular weight excluding hydrogens is 249 g/mol. The lowest BCUT2D eigenvalue weighted by Gasteiger charge is -2.29. The maximum absolute atomic E-state index is 11.9. The molecule has 7 heteroatoms. The van der Waals surface area contributed by atoms with Gasteiger partial charge in [-0.3, -0.25) is 9.69 Å². The minimum absolute atomic E-state index is 0.157. The summed E-state index contributed by atoms with van der Waals surface area (Å²) in [5, 5.41) is 0. The molecule has 0 aromatic heterocycles. The number of nitrogens with zero attached hydrogens (tertiary/aromatic N) is 1. The average molecular weight is 261 g/mol. The van der Waals surface area contributed by atoms with Gasteiger partial charge in [0.05, 0.1) is 13.2 Å². The summed E-state index contributed by atoms with van der Waals surface area (Å²) in [5.41, 5.74) is 2.46. The summed E-state index contributed by atoms with van der Waals surface area (Å²) in [6.07, 6.45) is -0.593. The van der Waals surface area contributed by atoms with E-state index in [-0.39, 0.29) is 13.2 Å². The van der Waals surface area contributed by atoms with E-state index in [2.05, 4.69) is 0 Å². The van der Waals surface area contributed by atoms with Gasteiger partial charge in [-0.05, 0) is 18.6 Å². The Balaban J connectivity index is 1.94. The van der Waals surface area contributed by atoms with E-state index < -0.39 is 19.2 Å². The molecule has 6 nitrogen and oxygen atoms in total. The van der Waals surface area contributed by atoms with Crippen molar-refractivity contribution in [2.24, 2.45) is 0 Å². The van der Waals surface area contributed by atoms with Crippen molar-refractivity contribution in [1.82, 2.24) is 0 Å². The molecule has 19 heavy (non-hydrogen) atoms. The Labute approximate surface area is 110 Å². The summed E-state index contributed by atoms with van der Waals surface area (Å²) in [5.74, 6) is -0.464. The molecule has 0 radical (unpaired) electrons. The zero-order chi connectivity index (χ0) is 13.4. The van der Waals surface area contributed by atoms with Crippen LogP contribution in [0.4, 0.5) is 10.5 Å². The lowest BCUT2D eigenvalue weighted by molar-refractivity contribution is -0.141. The van der Waals surface area contributed by atoms with E-state index in [4.69, 9.17) is 14.0 Å². The molecule has 0 fully saturated rings. The fraction of sp³-hybridized carbons (Fsp3) is 0.333. The molecule has 2 aliphatic heterocycles. The topological polar surface area (TPSA) is 65.1 Å². The molecule has 0 spiro atoms. The first kappa shape index (κ1) is 12.0. The van der Waals surface area contributed by atoms with E-state index >= 15 is 0 Å². The second-order valence-corrected chi connectivity index (χ2v) is 4.27. The Morgan fingerprint density at radius 1 is 1.53 bits per heavy atom. The van der Waals surface area contributed by atoms with Crippen molar-refractivity contribution in [2.45, 2.75) is 13.5 Å². The molecule has 0 unspecified atom stereocenters. The van der Waals surface area contributed by atoms with E-state index in [1.54, 1.807) is 13.0 Å². The van der Waals surface area contributed by atoms with Gasteiger partial charge < -0.3 is 14.0 Å². The van der Waals surface area contributed by atoms with E-state index in [1.807, 2.05) is 12.1 Å².